The van der Waals surface area contributed by atoms with Crippen LogP contribution in [0.25, 0.3) is 11.1 Å². The van der Waals surface area contributed by atoms with E-state index in [4.69, 9.17) is 10.2 Å². The molecule has 0 spiro atoms. The van der Waals surface area contributed by atoms with E-state index in [0.29, 0.717) is 0 Å². The second kappa shape index (κ2) is 4.96. The number of halogens is 1. The van der Waals surface area contributed by atoms with Gasteiger partial charge in [-0.25, -0.2) is 14.0 Å². The highest BCUT2D eigenvalue weighted by molar-refractivity contribution is 5.97. The number of benzene rings is 1. The van der Waals surface area contributed by atoms with Crippen molar-refractivity contribution in [2.45, 2.75) is 0 Å². The van der Waals surface area contributed by atoms with Gasteiger partial charge in [0.25, 0.3) is 0 Å². The van der Waals surface area contributed by atoms with E-state index in [1.807, 2.05) is 0 Å². The van der Waals surface area contributed by atoms with E-state index in [1.165, 1.54) is 0 Å². The minimum Gasteiger partial charge on any atom is -0.478 e. The fourth-order valence-electron chi connectivity index (χ4n) is 1.76. The van der Waals surface area contributed by atoms with Crippen LogP contribution in [0, 0.1) is 5.82 Å². The topological polar surface area (TPSA) is 107 Å². The molecular formula is C13H8FNO5. The molecule has 102 valence electrons. The average Bonchev–Trinajstić information content (AvgIpc) is 2.37. The Hall–Kier alpha value is -2.96. The number of carboxylic acid groups (broad SMARTS) is 2. The number of hydrogen-bond donors (Lipinski definition) is 3. The molecule has 3 N–H and O–H groups in total. The summed E-state index contributed by atoms with van der Waals surface area (Å²) in [5.74, 6) is -3.53. The van der Waals surface area contributed by atoms with Gasteiger partial charge in [-0.2, -0.15) is 0 Å². The Morgan fingerprint density at radius 2 is 1.75 bits per heavy atom. The lowest BCUT2D eigenvalue weighted by Gasteiger charge is -2.07. The molecule has 1 heterocycles. The van der Waals surface area contributed by atoms with Gasteiger partial charge in [0.1, 0.15) is 5.82 Å². The number of rotatable bonds is 3. The first-order chi connectivity index (χ1) is 9.38. The number of H-pyrrole nitrogens is 1. The first-order valence-corrected chi connectivity index (χ1v) is 5.39. The fraction of sp³-hybridized carbons (Fsp3) is 0. The van der Waals surface area contributed by atoms with Gasteiger partial charge in [0.15, 0.2) is 0 Å². The van der Waals surface area contributed by atoms with Crippen LogP contribution in [0.5, 0.6) is 0 Å². The molecule has 0 aliphatic rings. The van der Waals surface area contributed by atoms with Gasteiger partial charge < -0.3 is 15.2 Å². The van der Waals surface area contributed by atoms with Crippen LogP contribution < -0.4 is 5.56 Å². The van der Waals surface area contributed by atoms with Gasteiger partial charge in [0, 0.05) is 17.8 Å². The molecule has 0 fully saturated rings. The highest BCUT2D eigenvalue weighted by Crippen LogP contribution is 2.24. The maximum absolute atomic E-state index is 13.4. The summed E-state index contributed by atoms with van der Waals surface area (Å²) in [6.45, 7) is 0. The van der Waals surface area contributed by atoms with E-state index in [2.05, 4.69) is 4.98 Å². The zero-order chi connectivity index (χ0) is 14.9. The molecule has 0 saturated heterocycles. The molecule has 0 bridgehead atoms. The van der Waals surface area contributed by atoms with Crippen LogP contribution in [0.4, 0.5) is 4.39 Å². The third kappa shape index (κ3) is 2.56. The molecule has 2 rings (SSSR count). The SMILES string of the molecule is O=C(O)c1cc(F)cc(-c2c[nH]c(=O)cc2C(=O)O)c1. The maximum Gasteiger partial charge on any atom is 0.336 e. The van der Waals surface area contributed by atoms with Crippen molar-refractivity contribution in [3.8, 4) is 11.1 Å². The second-order valence-corrected chi connectivity index (χ2v) is 3.96. The predicted molar refractivity (Wildman–Crippen MR) is 66.4 cm³/mol. The lowest BCUT2D eigenvalue weighted by molar-refractivity contribution is 0.0687. The maximum atomic E-state index is 13.4. The normalized spacial score (nSPS) is 10.2. The molecule has 0 saturated carbocycles. The van der Waals surface area contributed by atoms with Crippen molar-refractivity contribution >= 4 is 11.9 Å². The van der Waals surface area contributed by atoms with Crippen molar-refractivity contribution in [1.29, 1.82) is 0 Å². The average molecular weight is 277 g/mol. The highest BCUT2D eigenvalue weighted by atomic mass is 19.1. The van der Waals surface area contributed by atoms with Gasteiger partial charge in [-0.05, 0) is 23.8 Å². The van der Waals surface area contributed by atoms with Crippen LogP contribution in [0.15, 0.2) is 35.3 Å². The number of pyridine rings is 1. The lowest BCUT2D eigenvalue weighted by Crippen LogP contribution is -2.10. The summed E-state index contributed by atoms with van der Waals surface area (Å²) in [5.41, 5.74) is -1.20. The van der Waals surface area contributed by atoms with E-state index in [9.17, 15) is 18.8 Å². The molecule has 7 heteroatoms. The Labute approximate surface area is 111 Å². The highest BCUT2D eigenvalue weighted by Gasteiger charge is 2.15. The number of aromatic nitrogens is 1. The first kappa shape index (κ1) is 13.5. The molecule has 1 aromatic carbocycles. The van der Waals surface area contributed by atoms with Crippen LogP contribution in [-0.4, -0.2) is 27.1 Å². The molecule has 0 aliphatic heterocycles. The summed E-state index contributed by atoms with van der Waals surface area (Å²) in [5, 5.41) is 17.9. The van der Waals surface area contributed by atoms with E-state index < -0.39 is 23.3 Å². The van der Waals surface area contributed by atoms with Gasteiger partial charge in [0.05, 0.1) is 11.1 Å². The molecule has 0 radical (unpaired) electrons. The van der Waals surface area contributed by atoms with E-state index in [0.717, 1.165) is 30.5 Å². The number of carbonyl (C=O) groups is 2. The first-order valence-electron chi connectivity index (χ1n) is 5.39. The fourth-order valence-corrected chi connectivity index (χ4v) is 1.76. The Balaban J connectivity index is 2.71. The van der Waals surface area contributed by atoms with Crippen molar-refractivity contribution in [2.24, 2.45) is 0 Å². The Morgan fingerprint density at radius 1 is 1.05 bits per heavy atom. The summed E-state index contributed by atoms with van der Waals surface area (Å²) >= 11 is 0. The number of aromatic carboxylic acids is 2. The molecule has 0 amide bonds. The Morgan fingerprint density at radius 3 is 2.35 bits per heavy atom. The molecule has 1 aromatic heterocycles. The van der Waals surface area contributed by atoms with Crippen molar-refractivity contribution < 1.29 is 24.2 Å². The number of hydrogen-bond acceptors (Lipinski definition) is 3. The predicted octanol–water partition coefficient (Wildman–Crippen LogP) is 1.58. The van der Waals surface area contributed by atoms with Crippen LogP contribution in [0.2, 0.25) is 0 Å². The standard InChI is InChI=1S/C13H8FNO5/c14-8-2-6(1-7(3-8)12(17)18)10-5-15-11(16)4-9(10)13(19)20/h1-5H,(H,15,16)(H,17,18)(H,19,20). The monoisotopic (exact) mass is 277 g/mol. The van der Waals surface area contributed by atoms with Gasteiger partial charge in [-0.1, -0.05) is 0 Å². The van der Waals surface area contributed by atoms with Crippen molar-refractivity contribution in [3.05, 3.63) is 57.8 Å². The van der Waals surface area contributed by atoms with Gasteiger partial charge in [-0.3, -0.25) is 4.79 Å². The summed E-state index contributed by atoms with van der Waals surface area (Å²) in [6.07, 6.45) is 1.10. The van der Waals surface area contributed by atoms with Crippen LogP contribution >= 0.6 is 0 Å². The molecule has 20 heavy (non-hydrogen) atoms. The molecule has 2 aromatic rings. The number of aromatic amines is 1. The largest absolute Gasteiger partial charge is 0.478 e. The third-order valence-electron chi connectivity index (χ3n) is 2.61. The van der Waals surface area contributed by atoms with E-state index >= 15 is 0 Å². The molecule has 6 nitrogen and oxygen atoms in total. The smallest absolute Gasteiger partial charge is 0.336 e. The van der Waals surface area contributed by atoms with Crippen LogP contribution in [0.1, 0.15) is 20.7 Å². The number of nitrogens with one attached hydrogen (secondary N) is 1. The summed E-state index contributed by atoms with van der Waals surface area (Å²) < 4.78 is 13.4. The van der Waals surface area contributed by atoms with Crippen LogP contribution in [-0.2, 0) is 0 Å². The minimum atomic E-state index is -1.37. The van der Waals surface area contributed by atoms with Crippen molar-refractivity contribution in [3.63, 3.8) is 0 Å². The van der Waals surface area contributed by atoms with Gasteiger partial charge in [0.2, 0.25) is 5.56 Å². The third-order valence-corrected chi connectivity index (χ3v) is 2.61. The zero-order valence-corrected chi connectivity index (χ0v) is 9.88. The Bertz CT molecular complexity index is 766. The molecule has 0 atom stereocenters. The zero-order valence-electron chi connectivity index (χ0n) is 9.88. The summed E-state index contributed by atoms with van der Waals surface area (Å²) in [6, 6.07) is 3.79. The van der Waals surface area contributed by atoms with E-state index in [1.54, 1.807) is 0 Å². The quantitative estimate of drug-likeness (QED) is 0.789. The summed E-state index contributed by atoms with van der Waals surface area (Å²) in [7, 11) is 0. The second-order valence-electron chi connectivity index (χ2n) is 3.96. The molecular weight excluding hydrogens is 269 g/mol. The summed E-state index contributed by atoms with van der Waals surface area (Å²) in [4.78, 5) is 35.4. The number of carboxylic acids is 2. The minimum absolute atomic E-state index is 0.0269. The van der Waals surface area contributed by atoms with Crippen LogP contribution in [0.3, 0.4) is 0 Å². The lowest BCUT2D eigenvalue weighted by atomic mass is 10.00. The van der Waals surface area contributed by atoms with Gasteiger partial charge in [-0.15, -0.1) is 0 Å². The molecule has 0 unspecified atom stereocenters. The van der Waals surface area contributed by atoms with Crippen molar-refractivity contribution in [1.82, 2.24) is 4.98 Å². The van der Waals surface area contributed by atoms with E-state index in [-0.39, 0.29) is 22.3 Å². The van der Waals surface area contributed by atoms with Gasteiger partial charge >= 0.3 is 11.9 Å². The van der Waals surface area contributed by atoms with Crippen molar-refractivity contribution in [2.75, 3.05) is 0 Å². The Kier molecular flexibility index (Phi) is 3.34. The molecule has 0 aliphatic carbocycles.